The van der Waals surface area contributed by atoms with Crippen molar-refractivity contribution in [1.29, 1.82) is 0 Å². The van der Waals surface area contributed by atoms with Crippen LogP contribution in [0.3, 0.4) is 0 Å². The van der Waals surface area contributed by atoms with Crippen molar-refractivity contribution in [2.24, 2.45) is 5.92 Å². The van der Waals surface area contributed by atoms with E-state index in [9.17, 15) is 0 Å². The molecule has 0 spiro atoms. The van der Waals surface area contributed by atoms with Crippen LogP contribution in [0.1, 0.15) is 32.6 Å². The second-order valence-electron chi connectivity index (χ2n) is 10.4. The van der Waals surface area contributed by atoms with E-state index in [-0.39, 0.29) is 12.2 Å². The predicted molar refractivity (Wildman–Crippen MR) is 146 cm³/mol. The van der Waals surface area contributed by atoms with Gasteiger partial charge in [0, 0.05) is 50.4 Å². The summed E-state index contributed by atoms with van der Waals surface area (Å²) in [5, 5.41) is 18.1. The van der Waals surface area contributed by atoms with E-state index >= 15 is 0 Å². The topological polar surface area (TPSA) is 104 Å². The maximum atomic E-state index is 9.16. The van der Waals surface area contributed by atoms with E-state index in [1.807, 2.05) is 23.0 Å². The molecule has 37 heavy (non-hydrogen) atoms. The third-order valence-corrected chi connectivity index (χ3v) is 8.38. The number of aliphatic hydroxyl groups excluding tert-OH is 1. The summed E-state index contributed by atoms with van der Waals surface area (Å²) in [4.78, 5) is 14.0. The Labute approximate surface area is 221 Å². The SMILES string of the molecule is CC12CCN(CC1)c1cc(NSCCO)ccc1-n1cc(nn1)-c1ccnc(n1)N1CC(CCCO2)C1. The zero-order valence-electron chi connectivity index (χ0n) is 21.2. The minimum absolute atomic E-state index is 0.0918. The number of aromatic nitrogens is 5. The van der Waals surface area contributed by atoms with E-state index in [0.29, 0.717) is 11.7 Å². The van der Waals surface area contributed by atoms with Gasteiger partial charge in [-0.1, -0.05) is 17.2 Å². The highest BCUT2D eigenvalue weighted by atomic mass is 32.2. The zero-order chi connectivity index (χ0) is 25.2. The molecule has 7 heterocycles. The molecule has 196 valence electrons. The van der Waals surface area contributed by atoms with Crippen LogP contribution in [0.5, 0.6) is 0 Å². The van der Waals surface area contributed by atoms with Gasteiger partial charge in [-0.25, -0.2) is 14.6 Å². The van der Waals surface area contributed by atoms with Crippen molar-refractivity contribution in [3.8, 4) is 17.1 Å². The maximum absolute atomic E-state index is 9.16. The third kappa shape index (κ3) is 5.25. The monoisotopic (exact) mass is 522 g/mol. The van der Waals surface area contributed by atoms with Crippen LogP contribution in [-0.2, 0) is 4.74 Å². The van der Waals surface area contributed by atoms with Gasteiger partial charge in [0.1, 0.15) is 5.69 Å². The number of fused-ring (bicyclic) bond motifs is 1. The first-order valence-corrected chi connectivity index (χ1v) is 14.1. The molecule has 0 radical (unpaired) electrons. The van der Waals surface area contributed by atoms with Gasteiger partial charge < -0.3 is 24.4 Å². The summed E-state index contributed by atoms with van der Waals surface area (Å²) in [6.07, 6.45) is 7.97. The lowest BCUT2D eigenvalue weighted by atomic mass is 9.92. The van der Waals surface area contributed by atoms with Crippen LogP contribution in [0, 0.1) is 5.92 Å². The Balaban J connectivity index is 1.35. The van der Waals surface area contributed by atoms with Crippen molar-refractivity contribution in [1.82, 2.24) is 25.0 Å². The number of nitrogens with one attached hydrogen (secondary N) is 1. The molecule has 1 aromatic carbocycles. The summed E-state index contributed by atoms with van der Waals surface area (Å²) >= 11 is 1.50. The highest BCUT2D eigenvalue weighted by Gasteiger charge is 2.33. The van der Waals surface area contributed by atoms with E-state index in [4.69, 9.17) is 14.8 Å². The minimum atomic E-state index is -0.0918. The Morgan fingerprint density at radius 3 is 2.84 bits per heavy atom. The number of anilines is 3. The molecular formula is C26H34N8O2S. The van der Waals surface area contributed by atoms with E-state index in [1.165, 1.54) is 18.4 Å². The molecular weight excluding hydrogens is 488 g/mol. The van der Waals surface area contributed by atoms with Gasteiger partial charge in [0.15, 0.2) is 0 Å². The molecule has 0 saturated carbocycles. The van der Waals surface area contributed by atoms with Gasteiger partial charge in [-0.15, -0.1) is 5.10 Å². The lowest BCUT2D eigenvalue weighted by Crippen LogP contribution is -2.48. The van der Waals surface area contributed by atoms with Crippen molar-refractivity contribution in [2.45, 2.75) is 38.2 Å². The number of ether oxygens (including phenoxy) is 1. The lowest BCUT2D eigenvalue weighted by Gasteiger charge is -2.41. The molecule has 2 aromatic heterocycles. The van der Waals surface area contributed by atoms with Crippen molar-refractivity contribution in [3.05, 3.63) is 36.7 Å². The molecule has 0 aliphatic carbocycles. The molecule has 5 aliphatic rings. The molecule has 8 bridgehead atoms. The molecule has 0 atom stereocenters. The smallest absolute Gasteiger partial charge is 0.225 e. The highest BCUT2D eigenvalue weighted by Crippen LogP contribution is 2.35. The second-order valence-corrected chi connectivity index (χ2v) is 11.3. The predicted octanol–water partition coefficient (Wildman–Crippen LogP) is 3.38. The van der Waals surface area contributed by atoms with Crippen molar-refractivity contribution >= 4 is 29.3 Å². The lowest BCUT2D eigenvalue weighted by molar-refractivity contribution is -0.0501. The van der Waals surface area contributed by atoms with Gasteiger partial charge in [-0.3, -0.25) is 0 Å². The molecule has 8 rings (SSSR count). The molecule has 5 aliphatic heterocycles. The Kier molecular flexibility index (Phi) is 6.92. The van der Waals surface area contributed by atoms with E-state index in [2.05, 4.69) is 48.9 Å². The van der Waals surface area contributed by atoms with E-state index < -0.39 is 0 Å². The number of piperidine rings is 1. The number of hydrogen-bond acceptors (Lipinski definition) is 10. The van der Waals surface area contributed by atoms with Crippen LogP contribution in [-0.4, -0.2) is 80.8 Å². The molecule has 2 saturated heterocycles. The molecule has 2 fully saturated rings. The molecule has 10 nitrogen and oxygen atoms in total. The van der Waals surface area contributed by atoms with Crippen LogP contribution in [0.4, 0.5) is 17.3 Å². The van der Waals surface area contributed by atoms with Crippen LogP contribution >= 0.6 is 11.9 Å². The van der Waals surface area contributed by atoms with Crippen molar-refractivity contribution < 1.29 is 9.84 Å². The minimum Gasteiger partial charge on any atom is -0.395 e. The van der Waals surface area contributed by atoms with Gasteiger partial charge in [-0.05, 0) is 62.8 Å². The van der Waals surface area contributed by atoms with Gasteiger partial charge in [-0.2, -0.15) is 0 Å². The first-order valence-electron chi connectivity index (χ1n) is 13.1. The molecule has 0 unspecified atom stereocenters. The fourth-order valence-electron chi connectivity index (χ4n) is 5.33. The number of benzene rings is 1. The number of nitrogens with zero attached hydrogens (tertiary/aromatic N) is 7. The molecule has 2 N–H and O–H groups in total. The number of rotatable bonds is 4. The zero-order valence-corrected chi connectivity index (χ0v) is 22.0. The van der Waals surface area contributed by atoms with Gasteiger partial charge in [0.05, 0.1) is 35.5 Å². The standard InChI is InChI=1S/C26H34N8O2S/c1-26-7-10-32(11-8-26)24-15-20(30-37-14-12-35)4-5-23(24)34-18-22(29-31-34)21-6-9-27-25(28-21)33-16-19(17-33)3-2-13-36-26/h4-6,9,15,18-19,30,35H,2-3,7-8,10-14,16-17H2,1H3. The quantitative estimate of drug-likeness (QED) is 0.391. The average molecular weight is 523 g/mol. The van der Waals surface area contributed by atoms with E-state index in [0.717, 1.165) is 86.4 Å². The van der Waals surface area contributed by atoms with Crippen molar-refractivity contribution in [2.75, 3.05) is 59.7 Å². The molecule has 0 amide bonds. The summed E-state index contributed by atoms with van der Waals surface area (Å²) < 4.78 is 11.6. The normalized spacial score (nSPS) is 23.5. The average Bonchev–Trinajstić information content (AvgIpc) is 3.38. The summed E-state index contributed by atoms with van der Waals surface area (Å²) in [5.41, 5.74) is 4.48. The summed E-state index contributed by atoms with van der Waals surface area (Å²) in [6, 6.07) is 8.18. The molecule has 3 aromatic rings. The summed E-state index contributed by atoms with van der Waals surface area (Å²) in [7, 11) is 0. The number of hydrogen-bond donors (Lipinski definition) is 2. The Bertz CT molecular complexity index is 1220. The van der Waals surface area contributed by atoms with Crippen LogP contribution in [0.2, 0.25) is 0 Å². The maximum Gasteiger partial charge on any atom is 0.225 e. The fraction of sp³-hybridized carbons (Fsp3) is 0.538. The Morgan fingerprint density at radius 2 is 2.00 bits per heavy atom. The third-order valence-electron chi connectivity index (χ3n) is 7.61. The van der Waals surface area contributed by atoms with Crippen LogP contribution < -0.4 is 14.5 Å². The van der Waals surface area contributed by atoms with Gasteiger partial charge in [0.25, 0.3) is 0 Å². The number of aliphatic hydroxyl groups is 1. The van der Waals surface area contributed by atoms with E-state index in [1.54, 1.807) is 6.20 Å². The van der Waals surface area contributed by atoms with Gasteiger partial charge >= 0.3 is 0 Å². The summed E-state index contributed by atoms with van der Waals surface area (Å²) in [6.45, 7) is 7.00. The first-order chi connectivity index (χ1) is 18.1. The fourth-order valence-corrected chi connectivity index (χ4v) is 5.81. The molecule has 11 heteroatoms. The van der Waals surface area contributed by atoms with Gasteiger partial charge in [0.2, 0.25) is 5.95 Å². The van der Waals surface area contributed by atoms with Crippen LogP contribution in [0.25, 0.3) is 17.1 Å². The highest BCUT2D eigenvalue weighted by molar-refractivity contribution is 8.00. The van der Waals surface area contributed by atoms with Crippen LogP contribution in [0.15, 0.2) is 36.7 Å². The van der Waals surface area contributed by atoms with Crippen molar-refractivity contribution in [3.63, 3.8) is 0 Å². The summed E-state index contributed by atoms with van der Waals surface area (Å²) in [5.74, 6) is 2.05. The Morgan fingerprint density at radius 1 is 1.14 bits per heavy atom. The Hall–Kier alpha value is -2.89. The second kappa shape index (κ2) is 10.5. The first kappa shape index (κ1) is 24.4. The largest absolute Gasteiger partial charge is 0.395 e.